The molecule has 1 N–H and O–H groups in total. The van der Waals surface area contributed by atoms with E-state index in [2.05, 4.69) is 24.1 Å². The summed E-state index contributed by atoms with van der Waals surface area (Å²) >= 11 is 5.74. The van der Waals surface area contributed by atoms with Gasteiger partial charge in [0.1, 0.15) is 0 Å². The van der Waals surface area contributed by atoms with Crippen molar-refractivity contribution in [2.75, 3.05) is 6.54 Å². The molecule has 0 radical (unpaired) electrons. The Morgan fingerprint density at radius 2 is 2.31 bits per heavy atom. The summed E-state index contributed by atoms with van der Waals surface area (Å²) in [5.74, 6) is 0. The minimum absolute atomic E-state index is 0.303. The molecule has 0 aliphatic heterocycles. The molecule has 1 aromatic rings. The van der Waals surface area contributed by atoms with E-state index in [-0.39, 0.29) is 0 Å². The smallest absolute Gasteiger partial charge is 0.0589 e. The monoisotopic (exact) mass is 198 g/mol. The maximum Gasteiger partial charge on any atom is 0.0589 e. The number of nitrogens with zero attached hydrogens (tertiary/aromatic N) is 1. The normalized spacial score (nSPS) is 12.8. The van der Waals surface area contributed by atoms with Crippen molar-refractivity contribution in [3.8, 4) is 0 Å². The Balaban J connectivity index is 2.55. The Hall–Kier alpha value is -0.600. The van der Waals surface area contributed by atoms with Crippen LogP contribution in [0.3, 0.4) is 0 Å². The quantitative estimate of drug-likeness (QED) is 0.805. The van der Waals surface area contributed by atoms with Gasteiger partial charge in [-0.1, -0.05) is 18.5 Å². The van der Waals surface area contributed by atoms with Crippen molar-refractivity contribution in [2.24, 2.45) is 0 Å². The van der Waals surface area contributed by atoms with Gasteiger partial charge in [-0.3, -0.25) is 4.98 Å². The second-order valence-electron chi connectivity index (χ2n) is 3.08. The lowest BCUT2D eigenvalue weighted by molar-refractivity contribution is 0.558. The van der Waals surface area contributed by atoms with Crippen LogP contribution >= 0.6 is 11.6 Å². The van der Waals surface area contributed by atoms with E-state index in [1.807, 2.05) is 12.1 Å². The fourth-order valence-corrected chi connectivity index (χ4v) is 1.22. The van der Waals surface area contributed by atoms with Gasteiger partial charge in [0.15, 0.2) is 0 Å². The van der Waals surface area contributed by atoms with Crippen molar-refractivity contribution in [1.29, 1.82) is 0 Å². The lowest BCUT2D eigenvalue weighted by Crippen LogP contribution is -2.20. The van der Waals surface area contributed by atoms with Crippen LogP contribution in [0.15, 0.2) is 18.3 Å². The van der Waals surface area contributed by atoms with E-state index in [9.17, 15) is 0 Å². The zero-order valence-corrected chi connectivity index (χ0v) is 8.80. The highest BCUT2D eigenvalue weighted by Crippen LogP contribution is 2.12. The van der Waals surface area contributed by atoms with E-state index >= 15 is 0 Å². The van der Waals surface area contributed by atoms with Gasteiger partial charge in [-0.15, -0.1) is 0 Å². The Morgan fingerprint density at radius 3 is 2.85 bits per heavy atom. The van der Waals surface area contributed by atoms with Crippen molar-refractivity contribution in [1.82, 2.24) is 10.3 Å². The number of halogens is 1. The molecule has 2 nitrogen and oxygen atoms in total. The van der Waals surface area contributed by atoms with Crippen LogP contribution in [0.1, 0.15) is 32.0 Å². The molecule has 1 atom stereocenters. The highest BCUT2D eigenvalue weighted by molar-refractivity contribution is 6.30. The lowest BCUT2D eigenvalue weighted by Gasteiger charge is -2.11. The van der Waals surface area contributed by atoms with E-state index in [0.717, 1.165) is 18.7 Å². The largest absolute Gasteiger partial charge is 0.309 e. The Morgan fingerprint density at radius 1 is 1.54 bits per heavy atom. The van der Waals surface area contributed by atoms with Gasteiger partial charge in [0.25, 0.3) is 0 Å². The SMILES string of the molecule is CCCNC(C)c1ccc(Cl)cn1. The van der Waals surface area contributed by atoms with Gasteiger partial charge in [0.2, 0.25) is 0 Å². The molecule has 0 aliphatic carbocycles. The highest BCUT2D eigenvalue weighted by Gasteiger charge is 2.04. The van der Waals surface area contributed by atoms with E-state index in [1.165, 1.54) is 0 Å². The summed E-state index contributed by atoms with van der Waals surface area (Å²) in [6.45, 7) is 5.27. The van der Waals surface area contributed by atoms with Gasteiger partial charge in [0.05, 0.1) is 10.7 Å². The zero-order chi connectivity index (χ0) is 9.68. The molecule has 0 fully saturated rings. The fourth-order valence-electron chi connectivity index (χ4n) is 1.11. The average molecular weight is 199 g/mol. The molecule has 0 bridgehead atoms. The van der Waals surface area contributed by atoms with Crippen molar-refractivity contribution in [3.63, 3.8) is 0 Å². The molecule has 0 amide bonds. The van der Waals surface area contributed by atoms with Gasteiger partial charge < -0.3 is 5.32 Å². The van der Waals surface area contributed by atoms with Crippen LogP contribution in [-0.2, 0) is 0 Å². The molecule has 0 spiro atoms. The summed E-state index contributed by atoms with van der Waals surface area (Å²) in [5, 5.41) is 4.05. The van der Waals surface area contributed by atoms with Crippen LogP contribution in [0.4, 0.5) is 0 Å². The molecule has 1 heterocycles. The lowest BCUT2D eigenvalue weighted by atomic mass is 10.2. The Kier molecular flexibility index (Phi) is 4.19. The van der Waals surface area contributed by atoms with Gasteiger partial charge in [-0.05, 0) is 32.0 Å². The number of rotatable bonds is 4. The topological polar surface area (TPSA) is 24.9 Å². The number of hydrogen-bond donors (Lipinski definition) is 1. The van der Waals surface area contributed by atoms with Crippen molar-refractivity contribution >= 4 is 11.6 Å². The van der Waals surface area contributed by atoms with Crippen molar-refractivity contribution in [3.05, 3.63) is 29.0 Å². The van der Waals surface area contributed by atoms with Gasteiger partial charge in [0, 0.05) is 12.2 Å². The minimum Gasteiger partial charge on any atom is -0.309 e. The summed E-state index contributed by atoms with van der Waals surface area (Å²) < 4.78 is 0. The van der Waals surface area contributed by atoms with Gasteiger partial charge in [-0.2, -0.15) is 0 Å². The number of aromatic nitrogens is 1. The van der Waals surface area contributed by atoms with Crippen LogP contribution < -0.4 is 5.32 Å². The first kappa shape index (κ1) is 10.5. The number of pyridine rings is 1. The molecule has 72 valence electrons. The molecule has 1 aromatic heterocycles. The molecule has 13 heavy (non-hydrogen) atoms. The molecule has 0 aromatic carbocycles. The molecule has 1 rings (SSSR count). The van der Waals surface area contributed by atoms with E-state index in [1.54, 1.807) is 6.20 Å². The fraction of sp³-hybridized carbons (Fsp3) is 0.500. The molecule has 0 saturated heterocycles. The second-order valence-corrected chi connectivity index (χ2v) is 3.51. The van der Waals surface area contributed by atoms with Crippen LogP contribution in [-0.4, -0.2) is 11.5 Å². The average Bonchev–Trinajstić information content (AvgIpc) is 2.15. The van der Waals surface area contributed by atoms with Crippen molar-refractivity contribution < 1.29 is 0 Å². The van der Waals surface area contributed by atoms with Gasteiger partial charge >= 0.3 is 0 Å². The predicted molar refractivity (Wildman–Crippen MR) is 56.0 cm³/mol. The summed E-state index contributed by atoms with van der Waals surface area (Å²) in [5.41, 5.74) is 1.04. The van der Waals surface area contributed by atoms with Crippen molar-refractivity contribution in [2.45, 2.75) is 26.3 Å². The maximum absolute atomic E-state index is 5.74. The second kappa shape index (κ2) is 5.20. The van der Waals surface area contributed by atoms with Gasteiger partial charge in [-0.25, -0.2) is 0 Å². The van der Waals surface area contributed by atoms with E-state index in [4.69, 9.17) is 11.6 Å². The third-order valence-electron chi connectivity index (χ3n) is 1.89. The summed E-state index contributed by atoms with van der Waals surface area (Å²) in [6.07, 6.45) is 2.82. The Bertz CT molecular complexity index is 246. The molecule has 3 heteroatoms. The molecule has 1 unspecified atom stereocenters. The summed E-state index contributed by atoms with van der Waals surface area (Å²) in [6, 6.07) is 4.13. The van der Waals surface area contributed by atoms with E-state index in [0.29, 0.717) is 11.1 Å². The van der Waals surface area contributed by atoms with Crippen LogP contribution in [0, 0.1) is 0 Å². The molecular weight excluding hydrogens is 184 g/mol. The first-order valence-electron chi connectivity index (χ1n) is 4.59. The molecular formula is C10H15ClN2. The Labute approximate surface area is 84.3 Å². The zero-order valence-electron chi connectivity index (χ0n) is 8.05. The minimum atomic E-state index is 0.303. The molecule has 0 aliphatic rings. The van der Waals surface area contributed by atoms with Crippen LogP contribution in [0.5, 0.6) is 0 Å². The molecule has 0 saturated carbocycles. The summed E-state index contributed by atoms with van der Waals surface area (Å²) in [7, 11) is 0. The van der Waals surface area contributed by atoms with E-state index < -0.39 is 0 Å². The maximum atomic E-state index is 5.74. The highest BCUT2D eigenvalue weighted by atomic mass is 35.5. The standard InChI is InChI=1S/C10H15ClN2/c1-3-6-12-8(2)10-5-4-9(11)7-13-10/h4-5,7-8,12H,3,6H2,1-2H3. The van der Waals surface area contributed by atoms with Crippen LogP contribution in [0.25, 0.3) is 0 Å². The predicted octanol–water partition coefficient (Wildman–Crippen LogP) is 2.80. The first-order valence-corrected chi connectivity index (χ1v) is 4.96. The number of hydrogen-bond acceptors (Lipinski definition) is 2. The summed E-state index contributed by atoms with van der Waals surface area (Å²) in [4.78, 5) is 4.24. The van der Waals surface area contributed by atoms with Crippen LogP contribution in [0.2, 0.25) is 5.02 Å². The third-order valence-corrected chi connectivity index (χ3v) is 2.12. The number of nitrogens with one attached hydrogen (secondary N) is 1. The third kappa shape index (κ3) is 3.33. The first-order chi connectivity index (χ1) is 6.24.